The van der Waals surface area contributed by atoms with Crippen LogP contribution in [0.1, 0.15) is 17.0 Å². The Morgan fingerprint density at radius 3 is 1.58 bits per heavy atom. The number of fused-ring (bicyclic) bond motifs is 9. The summed E-state index contributed by atoms with van der Waals surface area (Å²) in [4.78, 5) is 5.01. The zero-order valence-electron chi connectivity index (χ0n) is 31.2. The average molecular weight is 728 g/mol. The topological polar surface area (TPSA) is 11.4 Å². The lowest BCUT2D eigenvalue weighted by atomic mass is 9.83. The maximum Gasteiger partial charge on any atom is 0.0704 e. The van der Waals surface area contributed by atoms with Gasteiger partial charge in [0.1, 0.15) is 0 Å². The van der Waals surface area contributed by atoms with E-state index in [2.05, 4.69) is 227 Å². The van der Waals surface area contributed by atoms with Crippen LogP contribution < -0.4 is 9.80 Å². The normalized spacial score (nSPS) is 16.2. The molecule has 9 aromatic rings. The number of anilines is 4. The van der Waals surface area contributed by atoms with E-state index >= 15 is 0 Å². The molecule has 0 fully saturated rings. The summed E-state index contributed by atoms with van der Waals surface area (Å²) in [6.45, 7) is 0. The Hall–Kier alpha value is -7.36. The minimum Gasteiger partial charge on any atom is -0.332 e. The van der Waals surface area contributed by atoms with Crippen LogP contribution in [0.25, 0.3) is 55.3 Å². The molecule has 1 aromatic heterocycles. The van der Waals surface area contributed by atoms with Crippen molar-refractivity contribution in [2.24, 2.45) is 0 Å². The van der Waals surface area contributed by atoms with Crippen molar-refractivity contribution in [3.05, 3.63) is 229 Å². The molecule has 0 saturated heterocycles. The number of nitrogens with zero attached hydrogens (tertiary/aromatic N) is 3. The number of rotatable bonds is 6. The van der Waals surface area contributed by atoms with Crippen LogP contribution in [0.15, 0.2) is 218 Å². The fourth-order valence-corrected chi connectivity index (χ4v) is 9.73. The van der Waals surface area contributed by atoms with Gasteiger partial charge in [-0.2, -0.15) is 0 Å². The molecular formula is C54H37N3. The summed E-state index contributed by atoms with van der Waals surface area (Å²) < 4.78 is 2.38. The van der Waals surface area contributed by atoms with Crippen molar-refractivity contribution in [1.29, 1.82) is 0 Å². The molecule has 0 N–H and O–H groups in total. The van der Waals surface area contributed by atoms with Crippen molar-refractivity contribution < 1.29 is 0 Å². The molecule has 0 amide bonds. The lowest BCUT2D eigenvalue weighted by Gasteiger charge is -2.32. The number of hydrogen-bond donors (Lipinski definition) is 0. The van der Waals surface area contributed by atoms with Crippen molar-refractivity contribution in [3.63, 3.8) is 0 Å². The van der Waals surface area contributed by atoms with Crippen LogP contribution in [0.5, 0.6) is 0 Å². The summed E-state index contributed by atoms with van der Waals surface area (Å²) in [5.41, 5.74) is 18.6. The minimum atomic E-state index is 0.238. The fraction of sp³-hybridized carbons (Fsp3) is 0.0370. The SMILES string of the molecule is C1=C2c3ccccc3N3c4ccccc4C(C=C1N(c1ccc(-c4ccccc4)cc1)c1ccc(-c4ccc(-n5c6ccccc6c6ccccc65)cc4)cc1)C23. The predicted molar refractivity (Wildman–Crippen MR) is 238 cm³/mol. The van der Waals surface area contributed by atoms with Gasteiger partial charge in [0.2, 0.25) is 0 Å². The predicted octanol–water partition coefficient (Wildman–Crippen LogP) is 13.9. The van der Waals surface area contributed by atoms with Crippen LogP contribution in [0, 0.1) is 0 Å². The monoisotopic (exact) mass is 727 g/mol. The minimum absolute atomic E-state index is 0.238. The van der Waals surface area contributed by atoms with Gasteiger partial charge in [0, 0.05) is 56.4 Å². The molecule has 0 radical (unpaired) electrons. The van der Waals surface area contributed by atoms with Crippen LogP contribution in [0.3, 0.4) is 0 Å². The van der Waals surface area contributed by atoms with E-state index in [1.54, 1.807) is 0 Å². The second-order valence-corrected chi connectivity index (χ2v) is 15.3. The number of hydrogen-bond acceptors (Lipinski definition) is 2. The first kappa shape index (κ1) is 31.9. The fourth-order valence-electron chi connectivity index (χ4n) is 9.73. The molecule has 2 unspecified atom stereocenters. The third-order valence-electron chi connectivity index (χ3n) is 12.3. The molecule has 3 heterocycles. The maximum atomic E-state index is 2.56. The molecule has 3 heteroatoms. The van der Waals surface area contributed by atoms with Crippen LogP contribution in [0.2, 0.25) is 0 Å². The molecule has 57 heavy (non-hydrogen) atoms. The van der Waals surface area contributed by atoms with Crippen molar-refractivity contribution in [3.8, 4) is 27.9 Å². The molecule has 2 aliphatic heterocycles. The molecule has 1 aliphatic carbocycles. The Balaban J connectivity index is 0.949. The highest BCUT2D eigenvalue weighted by Gasteiger charge is 2.48. The van der Waals surface area contributed by atoms with E-state index in [0.29, 0.717) is 0 Å². The lowest BCUT2D eigenvalue weighted by molar-refractivity contribution is 0.772. The number of benzene rings is 8. The smallest absolute Gasteiger partial charge is 0.0704 e. The lowest BCUT2D eigenvalue weighted by Crippen LogP contribution is -2.29. The third-order valence-corrected chi connectivity index (χ3v) is 12.3. The molecule has 0 saturated carbocycles. The van der Waals surface area contributed by atoms with E-state index in [0.717, 1.165) is 17.1 Å². The average Bonchev–Trinajstić information content (AvgIpc) is 3.92. The quantitative estimate of drug-likeness (QED) is 0.169. The molecule has 0 spiro atoms. The van der Waals surface area contributed by atoms with Gasteiger partial charge in [-0.25, -0.2) is 0 Å². The molecule has 3 nitrogen and oxygen atoms in total. The molecule has 8 aromatic carbocycles. The summed E-state index contributed by atoms with van der Waals surface area (Å²) >= 11 is 0. The molecule has 268 valence electrons. The van der Waals surface area contributed by atoms with E-state index in [4.69, 9.17) is 0 Å². The molecular weight excluding hydrogens is 691 g/mol. The Bertz CT molecular complexity index is 3010. The second kappa shape index (κ2) is 12.6. The summed E-state index contributed by atoms with van der Waals surface area (Å²) in [6.07, 6.45) is 4.95. The first-order valence-corrected chi connectivity index (χ1v) is 19.8. The Morgan fingerprint density at radius 1 is 0.421 bits per heavy atom. The third kappa shape index (κ3) is 4.92. The van der Waals surface area contributed by atoms with Crippen LogP contribution in [0.4, 0.5) is 22.7 Å². The first-order valence-electron chi connectivity index (χ1n) is 19.8. The molecule has 0 bridgehead atoms. The highest BCUT2D eigenvalue weighted by atomic mass is 15.2. The zero-order chi connectivity index (χ0) is 37.5. The van der Waals surface area contributed by atoms with Gasteiger partial charge in [-0.15, -0.1) is 0 Å². The Kier molecular flexibility index (Phi) is 7.05. The van der Waals surface area contributed by atoms with Gasteiger partial charge in [0.15, 0.2) is 0 Å². The summed E-state index contributed by atoms with van der Waals surface area (Å²) in [5, 5.41) is 2.55. The van der Waals surface area contributed by atoms with Gasteiger partial charge in [0.25, 0.3) is 0 Å². The van der Waals surface area contributed by atoms with Crippen LogP contribution in [-0.4, -0.2) is 10.6 Å². The van der Waals surface area contributed by atoms with Crippen molar-refractivity contribution in [2.75, 3.05) is 9.80 Å². The first-order chi connectivity index (χ1) is 28.3. The van der Waals surface area contributed by atoms with Gasteiger partial charge in [-0.05, 0) is 100 Å². The van der Waals surface area contributed by atoms with Crippen molar-refractivity contribution in [1.82, 2.24) is 4.57 Å². The largest absolute Gasteiger partial charge is 0.332 e. The molecule has 12 rings (SSSR count). The van der Waals surface area contributed by atoms with Crippen molar-refractivity contribution in [2.45, 2.75) is 12.0 Å². The van der Waals surface area contributed by atoms with E-state index in [1.807, 2.05) is 0 Å². The highest BCUT2D eigenvalue weighted by molar-refractivity contribution is 6.09. The van der Waals surface area contributed by atoms with Crippen molar-refractivity contribution >= 4 is 50.1 Å². The van der Waals surface area contributed by atoms with Gasteiger partial charge in [-0.1, -0.05) is 146 Å². The Labute approximate surface area is 332 Å². The van der Waals surface area contributed by atoms with Crippen LogP contribution >= 0.6 is 0 Å². The standard InChI is InChI=1S/C54H37N3/c1-2-12-36(13-3-1)37-22-28-40(29-23-37)55(43-34-48-46-16-6-10-20-52(46)57-53-21-11-7-17-47(53)49(35-43)54(48)57)41-30-24-38(25-31-41)39-26-32-42(33-27-39)56-50-18-8-4-14-44(50)45-15-5-9-19-51(45)56/h1-35,48,54H. The highest BCUT2D eigenvalue weighted by Crippen LogP contribution is 2.59. The Morgan fingerprint density at radius 2 is 0.930 bits per heavy atom. The van der Waals surface area contributed by atoms with Gasteiger partial charge >= 0.3 is 0 Å². The second-order valence-electron chi connectivity index (χ2n) is 15.3. The summed E-state index contributed by atoms with van der Waals surface area (Å²) in [6, 6.07) is 73.3. The molecule has 2 atom stereocenters. The zero-order valence-corrected chi connectivity index (χ0v) is 31.2. The number of para-hydroxylation sites is 4. The maximum absolute atomic E-state index is 2.56. The number of allylic oxidation sites excluding steroid dienone is 1. The van der Waals surface area contributed by atoms with E-state index in [-0.39, 0.29) is 12.0 Å². The summed E-state index contributed by atoms with van der Waals surface area (Å²) in [7, 11) is 0. The number of aromatic nitrogens is 1. The van der Waals surface area contributed by atoms with Gasteiger partial charge < -0.3 is 14.4 Å². The van der Waals surface area contributed by atoms with Gasteiger partial charge in [0.05, 0.1) is 17.1 Å². The van der Waals surface area contributed by atoms with E-state index in [1.165, 1.54) is 77.8 Å². The van der Waals surface area contributed by atoms with Crippen LogP contribution in [-0.2, 0) is 0 Å². The van der Waals surface area contributed by atoms with Gasteiger partial charge in [-0.3, -0.25) is 0 Å². The molecule has 3 aliphatic rings. The van der Waals surface area contributed by atoms with E-state index in [9.17, 15) is 0 Å². The van der Waals surface area contributed by atoms with E-state index < -0.39 is 0 Å². The summed E-state index contributed by atoms with van der Waals surface area (Å²) in [5.74, 6) is 0.238.